The first-order valence-corrected chi connectivity index (χ1v) is 18.6. The van der Waals surface area contributed by atoms with E-state index in [9.17, 15) is 5.11 Å². The molecule has 0 unspecified atom stereocenters. The highest BCUT2D eigenvalue weighted by atomic mass is 16.3. The van der Waals surface area contributed by atoms with Gasteiger partial charge in [0.25, 0.3) is 0 Å². The summed E-state index contributed by atoms with van der Waals surface area (Å²) in [6.45, 7) is 13.1. The van der Waals surface area contributed by atoms with Gasteiger partial charge in [0.1, 0.15) is 11.6 Å². The number of aromatic nitrogens is 3. The number of para-hydroxylation sites is 3. The molecule has 2 heterocycles. The summed E-state index contributed by atoms with van der Waals surface area (Å²) in [5, 5.41) is 14.0. The molecular formula is C49H46N4O. The van der Waals surface area contributed by atoms with Crippen molar-refractivity contribution in [3.05, 3.63) is 157 Å². The van der Waals surface area contributed by atoms with Gasteiger partial charge in [-0.15, -0.1) is 0 Å². The first kappa shape index (κ1) is 34.9. The van der Waals surface area contributed by atoms with E-state index in [1.165, 1.54) is 0 Å². The number of phenols is 1. The fourth-order valence-corrected chi connectivity index (χ4v) is 7.41. The summed E-state index contributed by atoms with van der Waals surface area (Å²) in [6.07, 6.45) is 0. The standard InChI is InChI=1S/C49H46N4O/c1-48(2,3)34-30-40(46(54)41(31-34)49(4,5)6)47-51-45-39(26-17-27-43(45)52(47)7)44-38-25-15-14-18-32(38)29-42(50-44)33-19-16-24-37(28-33)53(35-20-10-8-11-21-35)36-22-12-9-13-23-36/h8-31,54H,1-7H3. The Kier molecular flexibility index (Phi) is 8.61. The predicted octanol–water partition coefficient (Wildman–Crippen LogP) is 12.9. The topological polar surface area (TPSA) is 54.2 Å². The van der Waals surface area contributed by atoms with Crippen LogP contribution in [0.1, 0.15) is 52.7 Å². The third-order valence-electron chi connectivity index (χ3n) is 10.4. The Labute approximate surface area is 318 Å². The van der Waals surface area contributed by atoms with E-state index < -0.39 is 0 Å². The summed E-state index contributed by atoms with van der Waals surface area (Å²) in [5.74, 6) is 1.00. The molecule has 0 spiro atoms. The van der Waals surface area contributed by atoms with E-state index in [0.717, 1.165) is 83.9 Å². The van der Waals surface area contributed by atoms with Crippen molar-refractivity contribution in [2.75, 3.05) is 4.90 Å². The lowest BCUT2D eigenvalue weighted by molar-refractivity contribution is 0.446. The number of imidazole rings is 1. The second-order valence-corrected chi connectivity index (χ2v) is 16.2. The molecule has 0 radical (unpaired) electrons. The van der Waals surface area contributed by atoms with Crippen molar-refractivity contribution in [3.63, 3.8) is 0 Å². The van der Waals surface area contributed by atoms with Gasteiger partial charge in [-0.25, -0.2) is 9.97 Å². The number of aromatic hydroxyl groups is 1. The van der Waals surface area contributed by atoms with E-state index in [1.807, 2.05) is 19.2 Å². The maximum absolute atomic E-state index is 11.8. The molecule has 268 valence electrons. The van der Waals surface area contributed by atoms with E-state index in [0.29, 0.717) is 0 Å². The molecule has 1 N–H and O–H groups in total. The Balaban J connectivity index is 1.31. The molecule has 0 saturated carbocycles. The fraction of sp³-hybridized carbons (Fsp3) is 0.184. The number of hydrogen-bond acceptors (Lipinski definition) is 4. The highest BCUT2D eigenvalue weighted by Gasteiger charge is 2.28. The van der Waals surface area contributed by atoms with Gasteiger partial charge in [0.15, 0.2) is 0 Å². The Hall–Kier alpha value is -6.20. The molecule has 8 aromatic rings. The average Bonchev–Trinajstić information content (AvgIpc) is 3.50. The normalized spacial score (nSPS) is 12.1. The summed E-state index contributed by atoms with van der Waals surface area (Å²) < 4.78 is 2.10. The van der Waals surface area contributed by atoms with Gasteiger partial charge in [-0.3, -0.25) is 0 Å². The minimum atomic E-state index is -0.254. The summed E-state index contributed by atoms with van der Waals surface area (Å²) in [5.41, 5.74) is 11.2. The van der Waals surface area contributed by atoms with Crippen molar-refractivity contribution in [1.29, 1.82) is 0 Å². The van der Waals surface area contributed by atoms with E-state index in [2.05, 4.69) is 184 Å². The SMILES string of the molecule is Cn1c(-c2cc(C(C)(C)C)cc(C(C)(C)C)c2O)nc2c(-c3nc(-c4cccc(N(c5ccccc5)c5ccccc5)c4)cc4ccccc34)cccc21. The van der Waals surface area contributed by atoms with Gasteiger partial charge in [-0.1, -0.05) is 133 Å². The van der Waals surface area contributed by atoms with Crippen LogP contribution in [0, 0.1) is 0 Å². The number of nitrogens with zero attached hydrogens (tertiary/aromatic N) is 4. The Morgan fingerprint density at radius 2 is 1.20 bits per heavy atom. The summed E-state index contributed by atoms with van der Waals surface area (Å²) in [7, 11) is 2.03. The number of benzene rings is 6. The quantitative estimate of drug-likeness (QED) is 0.187. The Morgan fingerprint density at radius 3 is 1.87 bits per heavy atom. The lowest BCUT2D eigenvalue weighted by Crippen LogP contribution is -2.17. The van der Waals surface area contributed by atoms with Crippen molar-refractivity contribution in [1.82, 2.24) is 14.5 Å². The molecule has 0 aliphatic rings. The highest BCUT2D eigenvalue weighted by Crippen LogP contribution is 2.44. The largest absolute Gasteiger partial charge is 0.507 e. The second-order valence-electron chi connectivity index (χ2n) is 16.2. The first-order chi connectivity index (χ1) is 25.9. The molecule has 5 nitrogen and oxygen atoms in total. The zero-order valence-corrected chi connectivity index (χ0v) is 32.1. The van der Waals surface area contributed by atoms with Crippen LogP contribution < -0.4 is 4.90 Å². The third kappa shape index (κ3) is 6.30. The molecule has 6 aromatic carbocycles. The van der Waals surface area contributed by atoms with Crippen LogP contribution in [0.4, 0.5) is 17.1 Å². The molecule has 5 heteroatoms. The van der Waals surface area contributed by atoms with Crippen LogP contribution in [0.15, 0.2) is 146 Å². The summed E-state index contributed by atoms with van der Waals surface area (Å²) in [6, 6.07) is 50.7. The molecule has 2 aromatic heterocycles. The molecule has 54 heavy (non-hydrogen) atoms. The van der Waals surface area contributed by atoms with Gasteiger partial charge in [0.2, 0.25) is 0 Å². The molecular weight excluding hydrogens is 661 g/mol. The van der Waals surface area contributed by atoms with Gasteiger partial charge in [-0.05, 0) is 76.4 Å². The molecule has 0 saturated heterocycles. The monoisotopic (exact) mass is 706 g/mol. The molecule has 0 fully saturated rings. The molecule has 0 aliphatic heterocycles. The maximum Gasteiger partial charge on any atom is 0.144 e. The van der Waals surface area contributed by atoms with Crippen LogP contribution in [0.2, 0.25) is 0 Å². The average molecular weight is 707 g/mol. The highest BCUT2D eigenvalue weighted by molar-refractivity contribution is 6.04. The minimum absolute atomic E-state index is 0.113. The fourth-order valence-electron chi connectivity index (χ4n) is 7.41. The molecule has 0 amide bonds. The number of phenolic OH excluding ortho intramolecular Hbond substituents is 1. The van der Waals surface area contributed by atoms with Crippen molar-refractivity contribution in [2.24, 2.45) is 7.05 Å². The molecule has 0 aliphatic carbocycles. The number of pyridine rings is 1. The number of anilines is 3. The van der Waals surface area contributed by atoms with Crippen LogP contribution in [0.5, 0.6) is 5.75 Å². The zero-order valence-electron chi connectivity index (χ0n) is 32.1. The number of aryl methyl sites for hydroxylation is 1. The maximum atomic E-state index is 11.8. The smallest absolute Gasteiger partial charge is 0.144 e. The van der Waals surface area contributed by atoms with E-state index >= 15 is 0 Å². The van der Waals surface area contributed by atoms with Crippen LogP contribution in [-0.4, -0.2) is 19.6 Å². The third-order valence-corrected chi connectivity index (χ3v) is 10.4. The van der Waals surface area contributed by atoms with Crippen LogP contribution in [0.25, 0.3) is 55.7 Å². The minimum Gasteiger partial charge on any atom is -0.507 e. The van der Waals surface area contributed by atoms with Crippen LogP contribution >= 0.6 is 0 Å². The Bertz CT molecular complexity index is 2610. The van der Waals surface area contributed by atoms with E-state index in [1.54, 1.807) is 0 Å². The van der Waals surface area contributed by atoms with Gasteiger partial charge >= 0.3 is 0 Å². The van der Waals surface area contributed by atoms with Gasteiger partial charge < -0.3 is 14.6 Å². The van der Waals surface area contributed by atoms with Crippen molar-refractivity contribution >= 4 is 38.9 Å². The number of rotatable bonds is 6. The molecule has 8 rings (SSSR count). The van der Waals surface area contributed by atoms with E-state index in [4.69, 9.17) is 9.97 Å². The number of hydrogen-bond donors (Lipinski definition) is 1. The Morgan fingerprint density at radius 1 is 0.574 bits per heavy atom. The zero-order chi connectivity index (χ0) is 37.8. The van der Waals surface area contributed by atoms with Crippen molar-refractivity contribution in [3.8, 4) is 39.7 Å². The van der Waals surface area contributed by atoms with E-state index in [-0.39, 0.29) is 16.6 Å². The second kappa shape index (κ2) is 13.3. The van der Waals surface area contributed by atoms with Gasteiger partial charge in [0, 0.05) is 46.2 Å². The summed E-state index contributed by atoms with van der Waals surface area (Å²) in [4.78, 5) is 13.1. The lowest BCUT2D eigenvalue weighted by atomic mass is 9.79. The predicted molar refractivity (Wildman–Crippen MR) is 226 cm³/mol. The van der Waals surface area contributed by atoms with Crippen molar-refractivity contribution in [2.45, 2.75) is 52.4 Å². The number of fused-ring (bicyclic) bond motifs is 2. The first-order valence-electron chi connectivity index (χ1n) is 18.6. The lowest BCUT2D eigenvalue weighted by Gasteiger charge is -2.27. The van der Waals surface area contributed by atoms with Gasteiger partial charge in [-0.2, -0.15) is 0 Å². The summed E-state index contributed by atoms with van der Waals surface area (Å²) >= 11 is 0. The van der Waals surface area contributed by atoms with Crippen LogP contribution in [0.3, 0.4) is 0 Å². The van der Waals surface area contributed by atoms with Crippen molar-refractivity contribution < 1.29 is 5.11 Å². The molecule has 0 atom stereocenters. The van der Waals surface area contributed by atoms with Crippen LogP contribution in [-0.2, 0) is 17.9 Å². The molecule has 0 bridgehead atoms. The van der Waals surface area contributed by atoms with Gasteiger partial charge in [0.05, 0.1) is 28.0 Å².